The van der Waals surface area contributed by atoms with Crippen LogP contribution < -0.4 is 10.6 Å². The number of benzene rings is 1. The summed E-state index contributed by atoms with van der Waals surface area (Å²) in [5.41, 5.74) is 1.16. The molecule has 140 valence electrons. The first-order chi connectivity index (χ1) is 13.0. The maximum atomic E-state index is 12.4. The molecule has 0 radical (unpaired) electrons. The molecular formula is C20H21N3O4. The Bertz CT molecular complexity index is 803. The molecule has 1 aromatic carbocycles. The van der Waals surface area contributed by atoms with E-state index >= 15 is 0 Å². The van der Waals surface area contributed by atoms with E-state index in [1.807, 2.05) is 0 Å². The van der Waals surface area contributed by atoms with E-state index in [-0.39, 0.29) is 36.7 Å². The number of imide groups is 1. The molecule has 2 atom stereocenters. The second-order valence-electron chi connectivity index (χ2n) is 6.81. The minimum atomic E-state index is -0.539. The van der Waals surface area contributed by atoms with Crippen LogP contribution in [-0.2, 0) is 19.2 Å². The highest BCUT2D eigenvalue weighted by atomic mass is 16.2. The quantitative estimate of drug-likeness (QED) is 0.597. The third-order valence-corrected chi connectivity index (χ3v) is 4.99. The zero-order valence-corrected chi connectivity index (χ0v) is 14.9. The molecule has 1 saturated carbocycles. The van der Waals surface area contributed by atoms with Gasteiger partial charge in [-0.1, -0.05) is 24.8 Å². The van der Waals surface area contributed by atoms with Crippen molar-refractivity contribution in [2.75, 3.05) is 18.4 Å². The molecule has 4 amide bonds. The molecular weight excluding hydrogens is 346 g/mol. The van der Waals surface area contributed by atoms with Gasteiger partial charge in [0.2, 0.25) is 23.6 Å². The molecule has 27 heavy (non-hydrogen) atoms. The number of carbonyl (C=O) groups excluding carboxylic acids is 4. The van der Waals surface area contributed by atoms with Crippen molar-refractivity contribution in [3.05, 3.63) is 29.8 Å². The van der Waals surface area contributed by atoms with Gasteiger partial charge in [0.25, 0.3) is 0 Å². The molecule has 2 unspecified atom stereocenters. The maximum absolute atomic E-state index is 12.4. The molecule has 1 aliphatic carbocycles. The van der Waals surface area contributed by atoms with Gasteiger partial charge in [-0.2, -0.15) is 0 Å². The van der Waals surface area contributed by atoms with Crippen LogP contribution in [-0.4, -0.2) is 41.6 Å². The van der Waals surface area contributed by atoms with Gasteiger partial charge < -0.3 is 10.6 Å². The van der Waals surface area contributed by atoms with E-state index in [2.05, 4.69) is 16.6 Å². The van der Waals surface area contributed by atoms with Gasteiger partial charge >= 0.3 is 0 Å². The van der Waals surface area contributed by atoms with Gasteiger partial charge in [0.15, 0.2) is 0 Å². The summed E-state index contributed by atoms with van der Waals surface area (Å²) in [6.45, 7) is -0.604. The van der Waals surface area contributed by atoms with Gasteiger partial charge in [-0.05, 0) is 31.0 Å². The van der Waals surface area contributed by atoms with Gasteiger partial charge in [0, 0.05) is 11.3 Å². The van der Waals surface area contributed by atoms with Crippen molar-refractivity contribution in [1.29, 1.82) is 0 Å². The van der Waals surface area contributed by atoms with Crippen molar-refractivity contribution >= 4 is 29.3 Å². The molecule has 1 saturated heterocycles. The molecule has 7 heteroatoms. The Morgan fingerprint density at radius 1 is 1.11 bits per heavy atom. The Morgan fingerprint density at radius 3 is 2.41 bits per heavy atom. The molecule has 1 heterocycles. The van der Waals surface area contributed by atoms with Crippen molar-refractivity contribution in [1.82, 2.24) is 10.2 Å². The second kappa shape index (κ2) is 8.04. The van der Waals surface area contributed by atoms with Crippen molar-refractivity contribution in [2.45, 2.75) is 25.7 Å². The van der Waals surface area contributed by atoms with Crippen LogP contribution in [0.15, 0.2) is 24.3 Å². The summed E-state index contributed by atoms with van der Waals surface area (Å²) in [5, 5.41) is 5.07. The van der Waals surface area contributed by atoms with Gasteiger partial charge in [-0.3, -0.25) is 24.1 Å². The lowest BCUT2D eigenvalue weighted by Crippen LogP contribution is -2.43. The van der Waals surface area contributed by atoms with Gasteiger partial charge in [0.05, 0.1) is 18.4 Å². The van der Waals surface area contributed by atoms with Gasteiger partial charge in [0.1, 0.15) is 6.54 Å². The minimum absolute atomic E-state index is 0.262. The van der Waals surface area contributed by atoms with Crippen LogP contribution in [0, 0.1) is 24.2 Å². The van der Waals surface area contributed by atoms with E-state index in [9.17, 15) is 19.2 Å². The Balaban J connectivity index is 1.49. The van der Waals surface area contributed by atoms with E-state index in [1.165, 1.54) is 0 Å². The fourth-order valence-electron chi connectivity index (χ4n) is 3.66. The average molecular weight is 367 g/mol. The zero-order valence-electron chi connectivity index (χ0n) is 14.9. The standard InChI is InChI=1S/C20H21N3O4/c1-2-13-6-5-7-14(10-13)22-17(24)11-21-18(25)12-23-19(26)15-8-3-4-9-16(15)20(23)27/h1,5-7,10,15-16H,3-4,8-9,11-12H2,(H,21,25)(H,22,24). The van der Waals surface area contributed by atoms with Crippen LogP contribution >= 0.6 is 0 Å². The highest BCUT2D eigenvalue weighted by Crippen LogP contribution is 2.37. The van der Waals surface area contributed by atoms with E-state index in [0.29, 0.717) is 24.1 Å². The fraction of sp³-hybridized carbons (Fsp3) is 0.400. The van der Waals surface area contributed by atoms with Gasteiger partial charge in [-0.25, -0.2) is 0 Å². The summed E-state index contributed by atoms with van der Waals surface area (Å²) < 4.78 is 0. The molecule has 1 aromatic rings. The summed E-state index contributed by atoms with van der Waals surface area (Å²) in [4.78, 5) is 49.8. The third-order valence-electron chi connectivity index (χ3n) is 4.99. The Morgan fingerprint density at radius 2 is 1.78 bits per heavy atom. The number of fused-ring (bicyclic) bond motifs is 1. The number of rotatable bonds is 5. The summed E-state index contributed by atoms with van der Waals surface area (Å²) >= 11 is 0. The number of likely N-dealkylation sites (tertiary alicyclic amines) is 1. The number of anilines is 1. The summed E-state index contributed by atoms with van der Waals surface area (Å²) in [7, 11) is 0. The molecule has 2 N–H and O–H groups in total. The normalized spacial score (nSPS) is 21.4. The highest BCUT2D eigenvalue weighted by Gasteiger charge is 2.48. The molecule has 3 rings (SSSR count). The average Bonchev–Trinajstić information content (AvgIpc) is 2.92. The Hall–Kier alpha value is -3.14. The van der Waals surface area contributed by atoms with E-state index < -0.39 is 11.8 Å². The van der Waals surface area contributed by atoms with Crippen LogP contribution in [0.4, 0.5) is 5.69 Å². The highest BCUT2D eigenvalue weighted by molar-refractivity contribution is 6.07. The molecule has 2 fully saturated rings. The first-order valence-electron chi connectivity index (χ1n) is 8.98. The predicted octanol–water partition coefficient (Wildman–Crippen LogP) is 0.898. The lowest BCUT2D eigenvalue weighted by atomic mass is 9.81. The predicted molar refractivity (Wildman–Crippen MR) is 98.2 cm³/mol. The van der Waals surface area contributed by atoms with E-state index in [4.69, 9.17) is 6.42 Å². The maximum Gasteiger partial charge on any atom is 0.243 e. The number of amides is 4. The molecule has 0 aromatic heterocycles. The SMILES string of the molecule is C#Cc1cccc(NC(=O)CNC(=O)CN2C(=O)C3CCCCC3C2=O)c1. The lowest BCUT2D eigenvalue weighted by molar-refractivity contribution is -0.143. The summed E-state index contributed by atoms with van der Waals surface area (Å²) in [6, 6.07) is 6.78. The minimum Gasteiger partial charge on any atom is -0.345 e. The van der Waals surface area contributed by atoms with Crippen LogP contribution in [0.5, 0.6) is 0 Å². The van der Waals surface area contributed by atoms with Gasteiger partial charge in [-0.15, -0.1) is 6.42 Å². The topological polar surface area (TPSA) is 95.6 Å². The zero-order chi connectivity index (χ0) is 19.4. The molecule has 7 nitrogen and oxygen atoms in total. The van der Waals surface area contributed by atoms with Crippen molar-refractivity contribution in [2.24, 2.45) is 11.8 Å². The van der Waals surface area contributed by atoms with Crippen molar-refractivity contribution in [3.63, 3.8) is 0 Å². The first kappa shape index (κ1) is 18.6. The lowest BCUT2D eigenvalue weighted by Gasteiger charge is -2.19. The van der Waals surface area contributed by atoms with E-state index in [0.717, 1.165) is 17.7 Å². The van der Waals surface area contributed by atoms with Crippen LogP contribution in [0.1, 0.15) is 31.2 Å². The first-order valence-corrected chi connectivity index (χ1v) is 8.98. The number of terminal acetylenes is 1. The Kier molecular flexibility index (Phi) is 5.55. The number of nitrogens with zero attached hydrogens (tertiary/aromatic N) is 1. The van der Waals surface area contributed by atoms with Crippen molar-refractivity contribution in [3.8, 4) is 12.3 Å². The van der Waals surface area contributed by atoms with Crippen LogP contribution in [0.2, 0.25) is 0 Å². The summed E-state index contributed by atoms with van der Waals surface area (Å²) in [5.74, 6) is 0.397. The molecule has 2 aliphatic rings. The molecule has 0 spiro atoms. The molecule has 1 aliphatic heterocycles. The molecule has 0 bridgehead atoms. The number of hydrogen-bond acceptors (Lipinski definition) is 4. The monoisotopic (exact) mass is 367 g/mol. The van der Waals surface area contributed by atoms with Crippen LogP contribution in [0.3, 0.4) is 0 Å². The summed E-state index contributed by atoms with van der Waals surface area (Å²) in [6.07, 6.45) is 8.58. The third kappa shape index (κ3) is 4.17. The Labute approximate surface area is 157 Å². The van der Waals surface area contributed by atoms with Crippen molar-refractivity contribution < 1.29 is 19.2 Å². The van der Waals surface area contributed by atoms with E-state index in [1.54, 1.807) is 24.3 Å². The largest absolute Gasteiger partial charge is 0.345 e. The number of carbonyl (C=O) groups is 4. The number of nitrogens with one attached hydrogen (secondary N) is 2. The smallest absolute Gasteiger partial charge is 0.243 e. The van der Waals surface area contributed by atoms with Crippen LogP contribution in [0.25, 0.3) is 0 Å². The second-order valence-corrected chi connectivity index (χ2v) is 6.81. The number of hydrogen-bond donors (Lipinski definition) is 2. The fourth-order valence-corrected chi connectivity index (χ4v) is 3.66.